The summed E-state index contributed by atoms with van der Waals surface area (Å²) in [5.74, 6) is 0.285. The Labute approximate surface area is 138 Å². The molecule has 0 spiro atoms. The van der Waals surface area contributed by atoms with Crippen molar-refractivity contribution in [2.45, 2.75) is 70.7 Å². The molecule has 3 N–H and O–H groups in total. The van der Waals surface area contributed by atoms with Crippen molar-refractivity contribution < 1.29 is 14.6 Å². The number of nitrogens with one attached hydrogen (secondary N) is 2. The molecule has 1 aromatic carbocycles. The summed E-state index contributed by atoms with van der Waals surface area (Å²) in [4.78, 5) is 11.9. The molecule has 1 saturated carbocycles. The molecule has 0 bridgehead atoms. The van der Waals surface area contributed by atoms with Gasteiger partial charge in [-0.05, 0) is 64.2 Å². The molecular formula is C18H28N2O3. The lowest BCUT2D eigenvalue weighted by Gasteiger charge is -2.31. The van der Waals surface area contributed by atoms with Crippen LogP contribution >= 0.6 is 0 Å². The van der Waals surface area contributed by atoms with Gasteiger partial charge in [0.05, 0.1) is 0 Å². The molecule has 23 heavy (non-hydrogen) atoms. The fraction of sp³-hybridized carbons (Fsp3) is 0.611. The largest absolute Gasteiger partial charge is 0.508 e. The summed E-state index contributed by atoms with van der Waals surface area (Å²) < 4.78 is 5.32. The molecule has 0 saturated heterocycles. The van der Waals surface area contributed by atoms with Crippen LogP contribution in [0.3, 0.4) is 0 Å². The van der Waals surface area contributed by atoms with Gasteiger partial charge in [-0.1, -0.05) is 12.1 Å². The Kier molecular flexibility index (Phi) is 5.88. The SMILES string of the molecule is CC(C)(C)OC(=O)NC1CCCC(NCc2ccc(O)cc2)C1. The fourth-order valence-corrected chi connectivity index (χ4v) is 2.86. The van der Waals surface area contributed by atoms with E-state index in [9.17, 15) is 9.90 Å². The van der Waals surface area contributed by atoms with Crippen LogP contribution in [0.5, 0.6) is 5.75 Å². The van der Waals surface area contributed by atoms with Crippen LogP contribution < -0.4 is 10.6 Å². The van der Waals surface area contributed by atoms with Gasteiger partial charge in [-0.3, -0.25) is 0 Å². The summed E-state index contributed by atoms with van der Waals surface area (Å²) in [5.41, 5.74) is 0.681. The average Bonchev–Trinajstić information content (AvgIpc) is 2.45. The Hall–Kier alpha value is -1.75. The third-order valence-corrected chi connectivity index (χ3v) is 3.93. The zero-order valence-corrected chi connectivity index (χ0v) is 14.3. The van der Waals surface area contributed by atoms with Crippen LogP contribution in [0.25, 0.3) is 0 Å². The van der Waals surface area contributed by atoms with E-state index in [-0.39, 0.29) is 17.9 Å². The molecular weight excluding hydrogens is 292 g/mol. The number of ether oxygens (including phenoxy) is 1. The Morgan fingerprint density at radius 2 is 1.87 bits per heavy atom. The van der Waals surface area contributed by atoms with Gasteiger partial charge >= 0.3 is 6.09 Å². The predicted octanol–water partition coefficient (Wildman–Crippen LogP) is 3.32. The number of carbonyl (C=O) groups is 1. The standard InChI is InChI=1S/C18H28N2O3/c1-18(2,3)23-17(22)20-15-6-4-5-14(11-15)19-12-13-7-9-16(21)10-8-13/h7-10,14-15,19,21H,4-6,11-12H2,1-3H3,(H,20,22). The van der Waals surface area contributed by atoms with Crippen molar-refractivity contribution in [1.29, 1.82) is 0 Å². The first-order valence-corrected chi connectivity index (χ1v) is 8.32. The van der Waals surface area contributed by atoms with E-state index in [1.807, 2.05) is 32.9 Å². The number of rotatable bonds is 4. The van der Waals surface area contributed by atoms with Gasteiger partial charge in [-0.15, -0.1) is 0 Å². The van der Waals surface area contributed by atoms with E-state index in [1.165, 1.54) is 0 Å². The smallest absolute Gasteiger partial charge is 0.407 e. The maximum atomic E-state index is 11.9. The maximum absolute atomic E-state index is 11.9. The van der Waals surface area contributed by atoms with Crippen molar-refractivity contribution >= 4 is 6.09 Å². The lowest BCUT2D eigenvalue weighted by molar-refractivity contribution is 0.0488. The van der Waals surface area contributed by atoms with Gasteiger partial charge < -0.3 is 20.5 Å². The van der Waals surface area contributed by atoms with E-state index in [2.05, 4.69) is 10.6 Å². The van der Waals surface area contributed by atoms with E-state index in [1.54, 1.807) is 12.1 Å². The van der Waals surface area contributed by atoms with Crippen LogP contribution in [0.15, 0.2) is 24.3 Å². The van der Waals surface area contributed by atoms with Gasteiger partial charge in [0.25, 0.3) is 0 Å². The molecule has 1 aromatic rings. The van der Waals surface area contributed by atoms with Crippen LogP contribution in [0, 0.1) is 0 Å². The first-order chi connectivity index (χ1) is 10.8. The predicted molar refractivity (Wildman–Crippen MR) is 90.4 cm³/mol. The Morgan fingerprint density at radius 1 is 1.22 bits per heavy atom. The highest BCUT2D eigenvalue weighted by atomic mass is 16.6. The van der Waals surface area contributed by atoms with Crippen molar-refractivity contribution in [2.75, 3.05) is 0 Å². The zero-order valence-electron chi connectivity index (χ0n) is 14.3. The molecule has 1 aliphatic carbocycles. The molecule has 0 radical (unpaired) electrons. The van der Waals surface area contributed by atoms with Crippen molar-refractivity contribution in [3.8, 4) is 5.75 Å². The minimum absolute atomic E-state index is 0.163. The number of hydrogen-bond donors (Lipinski definition) is 3. The number of phenolic OH excluding ortho intramolecular Hbond substituents is 1. The molecule has 5 heteroatoms. The highest BCUT2D eigenvalue weighted by Crippen LogP contribution is 2.20. The first-order valence-electron chi connectivity index (χ1n) is 8.32. The summed E-state index contributed by atoms with van der Waals surface area (Å²) in [7, 11) is 0. The number of hydrogen-bond acceptors (Lipinski definition) is 4. The van der Waals surface area contributed by atoms with Crippen LogP contribution in [0.1, 0.15) is 52.0 Å². The topological polar surface area (TPSA) is 70.6 Å². The number of benzene rings is 1. The second kappa shape index (κ2) is 7.68. The van der Waals surface area contributed by atoms with Gasteiger partial charge in [-0.2, -0.15) is 0 Å². The Bertz CT molecular complexity index is 508. The normalized spacial score (nSPS) is 21.7. The fourth-order valence-electron chi connectivity index (χ4n) is 2.86. The van der Waals surface area contributed by atoms with Gasteiger partial charge in [0, 0.05) is 18.6 Å². The summed E-state index contributed by atoms with van der Waals surface area (Å²) in [5, 5.41) is 15.8. The third-order valence-electron chi connectivity index (χ3n) is 3.93. The summed E-state index contributed by atoms with van der Waals surface area (Å²) in [6, 6.07) is 7.78. The summed E-state index contributed by atoms with van der Waals surface area (Å²) in [6.45, 7) is 6.38. The lowest BCUT2D eigenvalue weighted by Crippen LogP contribution is -2.45. The van der Waals surface area contributed by atoms with Crippen molar-refractivity contribution in [3.05, 3.63) is 29.8 Å². The highest BCUT2D eigenvalue weighted by molar-refractivity contribution is 5.68. The zero-order chi connectivity index (χ0) is 16.9. The first kappa shape index (κ1) is 17.6. The molecule has 5 nitrogen and oxygen atoms in total. The van der Waals surface area contributed by atoms with Crippen molar-refractivity contribution in [2.24, 2.45) is 0 Å². The van der Waals surface area contributed by atoms with Gasteiger partial charge in [0.1, 0.15) is 11.4 Å². The molecule has 1 fully saturated rings. The lowest BCUT2D eigenvalue weighted by atomic mass is 9.91. The van der Waals surface area contributed by atoms with E-state index >= 15 is 0 Å². The molecule has 2 rings (SSSR count). The van der Waals surface area contributed by atoms with Crippen LogP contribution in [-0.4, -0.2) is 28.9 Å². The molecule has 0 heterocycles. The minimum Gasteiger partial charge on any atom is -0.508 e. The molecule has 2 atom stereocenters. The number of aromatic hydroxyl groups is 1. The highest BCUT2D eigenvalue weighted by Gasteiger charge is 2.25. The summed E-state index contributed by atoms with van der Waals surface area (Å²) >= 11 is 0. The maximum Gasteiger partial charge on any atom is 0.407 e. The van der Waals surface area contributed by atoms with Crippen LogP contribution in [-0.2, 0) is 11.3 Å². The van der Waals surface area contributed by atoms with Crippen LogP contribution in [0.4, 0.5) is 4.79 Å². The van der Waals surface area contributed by atoms with Crippen molar-refractivity contribution in [1.82, 2.24) is 10.6 Å². The van der Waals surface area contributed by atoms with Crippen LogP contribution in [0.2, 0.25) is 0 Å². The van der Waals surface area contributed by atoms with E-state index in [0.717, 1.165) is 37.8 Å². The molecule has 0 aromatic heterocycles. The molecule has 1 aliphatic rings. The van der Waals surface area contributed by atoms with Gasteiger partial charge in [0.15, 0.2) is 0 Å². The van der Waals surface area contributed by atoms with Gasteiger partial charge in [-0.25, -0.2) is 4.79 Å². The number of phenols is 1. The monoisotopic (exact) mass is 320 g/mol. The minimum atomic E-state index is -0.463. The average molecular weight is 320 g/mol. The number of alkyl carbamates (subject to hydrolysis) is 1. The Morgan fingerprint density at radius 3 is 2.52 bits per heavy atom. The quantitative estimate of drug-likeness (QED) is 0.796. The van der Waals surface area contributed by atoms with E-state index in [0.29, 0.717) is 6.04 Å². The molecule has 0 aliphatic heterocycles. The molecule has 1 amide bonds. The number of amides is 1. The van der Waals surface area contributed by atoms with Gasteiger partial charge in [0.2, 0.25) is 0 Å². The second-order valence-electron chi connectivity index (χ2n) is 7.25. The van der Waals surface area contributed by atoms with E-state index < -0.39 is 5.60 Å². The van der Waals surface area contributed by atoms with Crippen molar-refractivity contribution in [3.63, 3.8) is 0 Å². The Balaban J connectivity index is 1.76. The molecule has 128 valence electrons. The van der Waals surface area contributed by atoms with E-state index in [4.69, 9.17) is 4.74 Å². The molecule has 2 unspecified atom stereocenters. The third kappa shape index (κ3) is 6.48. The second-order valence-corrected chi connectivity index (χ2v) is 7.25. The number of carbonyl (C=O) groups excluding carboxylic acids is 1. The summed E-state index contributed by atoms with van der Waals surface area (Å²) in [6.07, 6.45) is 3.79.